The Bertz CT molecular complexity index is 272. The van der Waals surface area contributed by atoms with Crippen molar-refractivity contribution >= 4 is 0 Å². The predicted octanol–water partition coefficient (Wildman–Crippen LogP) is 5.65. The van der Waals surface area contributed by atoms with E-state index in [-0.39, 0.29) is 0 Å². The first-order chi connectivity index (χ1) is 8.42. The van der Waals surface area contributed by atoms with Crippen LogP contribution >= 0.6 is 0 Å². The van der Waals surface area contributed by atoms with Crippen LogP contribution in [0.3, 0.4) is 0 Å². The van der Waals surface area contributed by atoms with E-state index in [1.165, 1.54) is 64.2 Å². The number of fused-ring (bicyclic) bond motifs is 1. The van der Waals surface area contributed by atoms with Gasteiger partial charge in [-0.15, -0.1) is 0 Å². The average molecular weight is 232 g/mol. The summed E-state index contributed by atoms with van der Waals surface area (Å²) in [6, 6.07) is 0. The molecule has 2 rings (SSSR count). The molecular formula is C17H28. The number of rotatable bonds is 7. The highest BCUT2D eigenvalue weighted by molar-refractivity contribution is 5.26. The summed E-state index contributed by atoms with van der Waals surface area (Å²) in [5.74, 6) is 1.86. The smallest absolute Gasteiger partial charge is 0.0162 e. The van der Waals surface area contributed by atoms with Crippen LogP contribution in [0, 0.1) is 11.8 Å². The fraction of sp³-hybridized carbons (Fsp3) is 0.765. The van der Waals surface area contributed by atoms with Crippen molar-refractivity contribution in [2.24, 2.45) is 11.8 Å². The van der Waals surface area contributed by atoms with E-state index in [1.807, 2.05) is 0 Å². The molecule has 0 saturated heterocycles. The lowest BCUT2D eigenvalue weighted by atomic mass is 9.88. The Morgan fingerprint density at radius 3 is 2.76 bits per heavy atom. The Balaban J connectivity index is 1.63. The minimum atomic E-state index is 0.921. The maximum Gasteiger partial charge on any atom is -0.0162 e. The van der Waals surface area contributed by atoms with Crippen molar-refractivity contribution in [2.45, 2.75) is 71.1 Å². The maximum absolute atomic E-state index is 2.42. The fourth-order valence-corrected chi connectivity index (χ4v) is 3.50. The Labute approximate surface area is 107 Å². The van der Waals surface area contributed by atoms with Crippen LogP contribution in [0.2, 0.25) is 0 Å². The van der Waals surface area contributed by atoms with Gasteiger partial charge in [0.05, 0.1) is 0 Å². The lowest BCUT2D eigenvalue weighted by molar-refractivity contribution is 0.508. The first-order valence-electron chi connectivity index (χ1n) is 7.78. The van der Waals surface area contributed by atoms with E-state index in [0.29, 0.717) is 0 Å². The minimum Gasteiger partial charge on any atom is -0.0839 e. The van der Waals surface area contributed by atoms with E-state index in [2.05, 4.69) is 25.2 Å². The third kappa shape index (κ3) is 3.72. The van der Waals surface area contributed by atoms with Gasteiger partial charge >= 0.3 is 0 Å². The second-order valence-electron chi connectivity index (χ2n) is 5.86. The summed E-state index contributed by atoms with van der Waals surface area (Å²) >= 11 is 0. The zero-order valence-corrected chi connectivity index (χ0v) is 11.5. The van der Waals surface area contributed by atoms with Gasteiger partial charge in [0.15, 0.2) is 0 Å². The lowest BCUT2D eigenvalue weighted by Gasteiger charge is -2.18. The monoisotopic (exact) mass is 232 g/mol. The van der Waals surface area contributed by atoms with Gasteiger partial charge in [-0.1, -0.05) is 69.2 Å². The van der Waals surface area contributed by atoms with Crippen molar-refractivity contribution in [3.05, 3.63) is 23.8 Å². The Hall–Kier alpha value is -0.520. The molecule has 1 saturated carbocycles. The van der Waals surface area contributed by atoms with Crippen molar-refractivity contribution in [3.63, 3.8) is 0 Å². The lowest BCUT2D eigenvalue weighted by Crippen LogP contribution is -2.04. The Morgan fingerprint density at radius 2 is 1.88 bits per heavy atom. The molecule has 1 fully saturated rings. The highest BCUT2D eigenvalue weighted by atomic mass is 14.3. The van der Waals surface area contributed by atoms with Crippen LogP contribution in [0.15, 0.2) is 23.8 Å². The topological polar surface area (TPSA) is 0 Å². The minimum absolute atomic E-state index is 0.921. The quantitative estimate of drug-likeness (QED) is 0.498. The largest absolute Gasteiger partial charge is 0.0839 e. The van der Waals surface area contributed by atoms with Gasteiger partial charge < -0.3 is 0 Å². The third-order valence-corrected chi connectivity index (χ3v) is 4.56. The fourth-order valence-electron chi connectivity index (χ4n) is 3.50. The van der Waals surface area contributed by atoms with Crippen LogP contribution in [0.4, 0.5) is 0 Å². The molecular weight excluding hydrogens is 204 g/mol. The summed E-state index contributed by atoms with van der Waals surface area (Å²) in [7, 11) is 0. The number of unbranched alkanes of at least 4 members (excludes halogenated alkanes) is 5. The standard InChI is InChI=1S/C17H28/c1-2-3-4-5-6-7-10-15-13-14-16-11-8-9-12-17(15)16/h8-9,12,15-16H,2-7,10-11,13-14H2,1H3. The number of hydrogen-bond acceptors (Lipinski definition) is 0. The van der Waals surface area contributed by atoms with Crippen molar-refractivity contribution < 1.29 is 0 Å². The highest BCUT2D eigenvalue weighted by Gasteiger charge is 2.29. The molecule has 0 aromatic rings. The van der Waals surface area contributed by atoms with E-state index >= 15 is 0 Å². The summed E-state index contributed by atoms with van der Waals surface area (Å²) in [6.45, 7) is 2.29. The first-order valence-corrected chi connectivity index (χ1v) is 7.78. The summed E-state index contributed by atoms with van der Waals surface area (Å²) in [6.07, 6.45) is 21.4. The van der Waals surface area contributed by atoms with E-state index in [9.17, 15) is 0 Å². The normalized spacial score (nSPS) is 27.0. The summed E-state index contributed by atoms with van der Waals surface area (Å²) in [5.41, 5.74) is 1.79. The molecule has 0 heteroatoms. The van der Waals surface area contributed by atoms with Crippen LogP contribution in [-0.2, 0) is 0 Å². The number of hydrogen-bond donors (Lipinski definition) is 0. The summed E-state index contributed by atoms with van der Waals surface area (Å²) in [4.78, 5) is 0. The molecule has 0 N–H and O–H groups in total. The van der Waals surface area contributed by atoms with Gasteiger partial charge in [-0.05, 0) is 37.5 Å². The molecule has 0 spiro atoms. The Kier molecular flexibility index (Phi) is 5.35. The van der Waals surface area contributed by atoms with Gasteiger partial charge in [-0.2, -0.15) is 0 Å². The number of allylic oxidation sites excluding steroid dienone is 4. The van der Waals surface area contributed by atoms with Gasteiger partial charge in [0.2, 0.25) is 0 Å². The second kappa shape index (κ2) is 7.03. The van der Waals surface area contributed by atoms with Crippen LogP contribution in [0.5, 0.6) is 0 Å². The average Bonchev–Trinajstić information content (AvgIpc) is 2.77. The maximum atomic E-state index is 2.42. The molecule has 17 heavy (non-hydrogen) atoms. The predicted molar refractivity (Wildman–Crippen MR) is 76.0 cm³/mol. The molecule has 2 unspecified atom stereocenters. The zero-order valence-electron chi connectivity index (χ0n) is 11.5. The molecule has 0 aromatic heterocycles. The zero-order chi connectivity index (χ0) is 11.9. The van der Waals surface area contributed by atoms with Gasteiger partial charge in [-0.3, -0.25) is 0 Å². The van der Waals surface area contributed by atoms with E-state index < -0.39 is 0 Å². The molecule has 0 amide bonds. The van der Waals surface area contributed by atoms with Crippen molar-refractivity contribution in [3.8, 4) is 0 Å². The SMILES string of the molecule is CCCCCCCCC1CCC2CC=CC=C21. The van der Waals surface area contributed by atoms with E-state index in [4.69, 9.17) is 0 Å². The molecule has 0 aromatic carbocycles. The van der Waals surface area contributed by atoms with Crippen molar-refractivity contribution in [1.29, 1.82) is 0 Å². The summed E-state index contributed by atoms with van der Waals surface area (Å²) < 4.78 is 0. The molecule has 2 aliphatic carbocycles. The second-order valence-corrected chi connectivity index (χ2v) is 5.86. The molecule has 0 heterocycles. The van der Waals surface area contributed by atoms with Crippen LogP contribution in [0.1, 0.15) is 71.1 Å². The summed E-state index contributed by atoms with van der Waals surface area (Å²) in [5, 5.41) is 0. The molecule has 2 aliphatic rings. The van der Waals surface area contributed by atoms with E-state index in [0.717, 1.165) is 11.8 Å². The molecule has 0 radical (unpaired) electrons. The van der Waals surface area contributed by atoms with E-state index in [1.54, 1.807) is 5.57 Å². The molecule has 0 bridgehead atoms. The molecule has 96 valence electrons. The molecule has 0 nitrogen and oxygen atoms in total. The van der Waals surface area contributed by atoms with Gasteiger partial charge in [0, 0.05) is 0 Å². The molecule has 2 atom stereocenters. The van der Waals surface area contributed by atoms with Gasteiger partial charge in [0.1, 0.15) is 0 Å². The molecule has 0 aliphatic heterocycles. The van der Waals surface area contributed by atoms with Gasteiger partial charge in [-0.25, -0.2) is 0 Å². The van der Waals surface area contributed by atoms with Crippen molar-refractivity contribution in [1.82, 2.24) is 0 Å². The first kappa shape index (κ1) is 12.9. The van der Waals surface area contributed by atoms with Crippen LogP contribution < -0.4 is 0 Å². The van der Waals surface area contributed by atoms with Crippen LogP contribution in [0.25, 0.3) is 0 Å². The third-order valence-electron chi connectivity index (χ3n) is 4.56. The van der Waals surface area contributed by atoms with Gasteiger partial charge in [0.25, 0.3) is 0 Å². The Morgan fingerprint density at radius 1 is 1.06 bits per heavy atom. The van der Waals surface area contributed by atoms with Crippen LogP contribution in [-0.4, -0.2) is 0 Å². The highest BCUT2D eigenvalue weighted by Crippen LogP contribution is 2.42. The van der Waals surface area contributed by atoms with Crippen molar-refractivity contribution in [2.75, 3.05) is 0 Å².